The van der Waals surface area contributed by atoms with Crippen LogP contribution in [0.15, 0.2) is 42.7 Å². The van der Waals surface area contributed by atoms with Crippen LogP contribution in [0.25, 0.3) is 0 Å². The third-order valence-corrected chi connectivity index (χ3v) is 4.63. The molecule has 132 valence electrons. The van der Waals surface area contributed by atoms with Crippen molar-refractivity contribution in [1.29, 1.82) is 0 Å². The molecule has 0 bridgehead atoms. The highest BCUT2D eigenvalue weighted by Crippen LogP contribution is 2.32. The van der Waals surface area contributed by atoms with E-state index in [0.29, 0.717) is 18.7 Å². The molecule has 0 aliphatic carbocycles. The van der Waals surface area contributed by atoms with Gasteiger partial charge in [0.2, 0.25) is 0 Å². The molecular formula is C19H23N3O3. The topological polar surface area (TPSA) is 64.4 Å². The van der Waals surface area contributed by atoms with Gasteiger partial charge in [-0.05, 0) is 31.9 Å². The Hall–Kier alpha value is -2.63. The van der Waals surface area contributed by atoms with Gasteiger partial charge in [0, 0.05) is 37.5 Å². The Morgan fingerprint density at radius 1 is 1.28 bits per heavy atom. The Labute approximate surface area is 147 Å². The van der Waals surface area contributed by atoms with Gasteiger partial charge in [0.15, 0.2) is 0 Å². The summed E-state index contributed by atoms with van der Waals surface area (Å²) in [6.07, 6.45) is 5.01. The number of amides is 1. The Kier molecular flexibility index (Phi) is 4.88. The summed E-state index contributed by atoms with van der Waals surface area (Å²) in [4.78, 5) is 27.0. The first-order valence-corrected chi connectivity index (χ1v) is 8.47. The first kappa shape index (κ1) is 17.2. The molecule has 1 saturated heterocycles. The maximum absolute atomic E-state index is 12.7. The molecule has 1 amide bonds. The number of ether oxygens (including phenoxy) is 1. The summed E-state index contributed by atoms with van der Waals surface area (Å²) in [7, 11) is 1.82. The normalized spacial score (nSPS) is 20.3. The SMILES string of the molecule is Cn1cc(COC(=O)[C@]2(C)CCCN(C(=O)c3ccccc3)C2)cn1. The fourth-order valence-corrected chi connectivity index (χ4v) is 3.21. The number of hydrogen-bond donors (Lipinski definition) is 0. The van der Waals surface area contributed by atoms with Crippen LogP contribution in [0.2, 0.25) is 0 Å². The Balaban J connectivity index is 1.64. The molecule has 1 fully saturated rings. The van der Waals surface area contributed by atoms with Crippen molar-refractivity contribution in [3.63, 3.8) is 0 Å². The summed E-state index contributed by atoms with van der Waals surface area (Å²) in [6, 6.07) is 9.17. The average molecular weight is 341 g/mol. The predicted molar refractivity (Wildman–Crippen MR) is 92.7 cm³/mol. The van der Waals surface area contributed by atoms with Crippen molar-refractivity contribution in [2.45, 2.75) is 26.4 Å². The van der Waals surface area contributed by atoms with Crippen LogP contribution >= 0.6 is 0 Å². The molecule has 2 aromatic rings. The van der Waals surface area contributed by atoms with Gasteiger partial charge in [-0.2, -0.15) is 5.10 Å². The van der Waals surface area contributed by atoms with Gasteiger partial charge in [-0.25, -0.2) is 0 Å². The molecule has 25 heavy (non-hydrogen) atoms. The van der Waals surface area contributed by atoms with E-state index in [1.54, 1.807) is 27.9 Å². The maximum atomic E-state index is 12.7. The van der Waals surface area contributed by atoms with E-state index < -0.39 is 5.41 Å². The number of rotatable bonds is 4. The lowest BCUT2D eigenvalue weighted by Crippen LogP contribution is -2.49. The zero-order valence-corrected chi connectivity index (χ0v) is 14.6. The third kappa shape index (κ3) is 3.90. The highest BCUT2D eigenvalue weighted by Gasteiger charge is 2.40. The van der Waals surface area contributed by atoms with Gasteiger partial charge in [-0.3, -0.25) is 14.3 Å². The number of esters is 1. The predicted octanol–water partition coefficient (Wildman–Crippen LogP) is 2.41. The molecule has 6 nitrogen and oxygen atoms in total. The van der Waals surface area contributed by atoms with Crippen molar-refractivity contribution >= 4 is 11.9 Å². The second-order valence-electron chi connectivity index (χ2n) is 6.86. The Morgan fingerprint density at radius 3 is 2.72 bits per heavy atom. The molecule has 0 spiro atoms. The van der Waals surface area contributed by atoms with Crippen LogP contribution < -0.4 is 0 Å². The van der Waals surface area contributed by atoms with Gasteiger partial charge in [-0.15, -0.1) is 0 Å². The minimum atomic E-state index is -0.676. The highest BCUT2D eigenvalue weighted by atomic mass is 16.5. The molecule has 3 rings (SSSR count). The Morgan fingerprint density at radius 2 is 2.04 bits per heavy atom. The van der Waals surface area contributed by atoms with E-state index in [1.165, 1.54) is 0 Å². The number of hydrogen-bond acceptors (Lipinski definition) is 4. The van der Waals surface area contributed by atoms with Crippen LogP contribution in [0.4, 0.5) is 0 Å². The number of likely N-dealkylation sites (tertiary alicyclic amines) is 1. The van der Waals surface area contributed by atoms with Gasteiger partial charge >= 0.3 is 5.97 Å². The number of aryl methyl sites for hydroxylation is 1. The zero-order valence-electron chi connectivity index (χ0n) is 14.6. The van der Waals surface area contributed by atoms with Crippen molar-refractivity contribution in [2.24, 2.45) is 12.5 Å². The minimum Gasteiger partial charge on any atom is -0.460 e. The van der Waals surface area contributed by atoms with E-state index in [9.17, 15) is 9.59 Å². The number of aromatic nitrogens is 2. The fraction of sp³-hybridized carbons (Fsp3) is 0.421. The summed E-state index contributed by atoms with van der Waals surface area (Å²) >= 11 is 0. The molecule has 1 aliphatic rings. The van der Waals surface area contributed by atoms with Crippen LogP contribution in [0.1, 0.15) is 35.7 Å². The first-order valence-electron chi connectivity index (χ1n) is 8.47. The zero-order chi connectivity index (χ0) is 17.9. The maximum Gasteiger partial charge on any atom is 0.313 e. The molecule has 1 aliphatic heterocycles. The van der Waals surface area contributed by atoms with Crippen molar-refractivity contribution in [3.05, 3.63) is 53.9 Å². The van der Waals surface area contributed by atoms with Crippen LogP contribution in [0.5, 0.6) is 0 Å². The summed E-state index contributed by atoms with van der Waals surface area (Å²) in [5.41, 5.74) is 0.827. The van der Waals surface area contributed by atoms with Gasteiger partial charge in [0.05, 0.1) is 11.6 Å². The van der Waals surface area contributed by atoms with Crippen molar-refractivity contribution < 1.29 is 14.3 Å². The van der Waals surface area contributed by atoms with E-state index in [2.05, 4.69) is 5.10 Å². The van der Waals surface area contributed by atoms with Crippen LogP contribution in [0, 0.1) is 5.41 Å². The largest absolute Gasteiger partial charge is 0.460 e. The highest BCUT2D eigenvalue weighted by molar-refractivity contribution is 5.94. The molecule has 0 radical (unpaired) electrons. The Bertz CT molecular complexity index is 756. The lowest BCUT2D eigenvalue weighted by Gasteiger charge is -2.38. The van der Waals surface area contributed by atoms with Gasteiger partial charge in [-0.1, -0.05) is 18.2 Å². The van der Waals surface area contributed by atoms with E-state index in [4.69, 9.17) is 4.74 Å². The number of carbonyl (C=O) groups is 2. The summed E-state index contributed by atoms with van der Waals surface area (Å²) < 4.78 is 7.16. The lowest BCUT2D eigenvalue weighted by atomic mass is 9.81. The number of nitrogens with zero attached hydrogens (tertiary/aromatic N) is 3. The molecule has 0 unspecified atom stereocenters. The van der Waals surface area contributed by atoms with Gasteiger partial charge in [0.1, 0.15) is 6.61 Å². The van der Waals surface area contributed by atoms with Gasteiger partial charge < -0.3 is 9.64 Å². The van der Waals surface area contributed by atoms with E-state index >= 15 is 0 Å². The van der Waals surface area contributed by atoms with Crippen LogP contribution in [-0.4, -0.2) is 39.6 Å². The van der Waals surface area contributed by atoms with Crippen molar-refractivity contribution in [1.82, 2.24) is 14.7 Å². The second kappa shape index (κ2) is 7.09. The monoisotopic (exact) mass is 341 g/mol. The molecule has 1 aromatic carbocycles. The van der Waals surface area contributed by atoms with Crippen LogP contribution in [0.3, 0.4) is 0 Å². The third-order valence-electron chi connectivity index (χ3n) is 4.63. The molecule has 0 N–H and O–H groups in total. The summed E-state index contributed by atoms with van der Waals surface area (Å²) in [5, 5.41) is 4.07. The molecule has 0 saturated carbocycles. The fourth-order valence-electron chi connectivity index (χ4n) is 3.21. The van der Waals surface area contributed by atoms with Crippen LogP contribution in [-0.2, 0) is 23.2 Å². The second-order valence-corrected chi connectivity index (χ2v) is 6.86. The number of piperidine rings is 1. The van der Waals surface area contributed by atoms with E-state index in [0.717, 1.165) is 18.4 Å². The summed E-state index contributed by atoms with van der Waals surface area (Å²) in [5.74, 6) is -0.298. The van der Waals surface area contributed by atoms with E-state index in [1.807, 2.05) is 38.4 Å². The molecule has 1 atom stereocenters. The molecular weight excluding hydrogens is 318 g/mol. The summed E-state index contributed by atoms with van der Waals surface area (Å²) in [6.45, 7) is 3.13. The quantitative estimate of drug-likeness (QED) is 0.801. The number of benzene rings is 1. The average Bonchev–Trinajstić information content (AvgIpc) is 3.05. The molecule has 6 heteroatoms. The van der Waals surface area contributed by atoms with Crippen molar-refractivity contribution in [2.75, 3.05) is 13.1 Å². The smallest absolute Gasteiger partial charge is 0.313 e. The van der Waals surface area contributed by atoms with Gasteiger partial charge in [0.25, 0.3) is 5.91 Å². The minimum absolute atomic E-state index is 0.0356. The lowest BCUT2D eigenvalue weighted by molar-refractivity contribution is -0.159. The number of carbonyl (C=O) groups excluding carboxylic acids is 2. The first-order chi connectivity index (χ1) is 12.0. The van der Waals surface area contributed by atoms with E-state index in [-0.39, 0.29) is 18.5 Å². The van der Waals surface area contributed by atoms with Crippen molar-refractivity contribution in [3.8, 4) is 0 Å². The molecule has 2 heterocycles. The molecule has 1 aromatic heterocycles. The standard InChI is InChI=1S/C19H23N3O3/c1-19(18(24)25-13-15-11-20-21(2)12-15)9-6-10-22(14-19)17(23)16-7-4-3-5-8-16/h3-5,7-8,11-12H,6,9-10,13-14H2,1-2H3/t19-/m1/s1.